The van der Waals surface area contributed by atoms with Crippen molar-refractivity contribution in [2.75, 3.05) is 6.54 Å². The quantitative estimate of drug-likeness (QED) is 0.0311. The molecule has 0 amide bonds. The van der Waals surface area contributed by atoms with Gasteiger partial charge >= 0.3 is 24.3 Å². The van der Waals surface area contributed by atoms with Crippen LogP contribution in [0, 0.1) is 157 Å². The van der Waals surface area contributed by atoms with E-state index < -0.39 is 312 Å². The third-order valence-corrected chi connectivity index (χ3v) is 15.1. The van der Waals surface area contributed by atoms with E-state index in [4.69, 9.17) is 0 Å². The third-order valence-electron chi connectivity index (χ3n) is 15.1. The molecule has 0 saturated carbocycles. The molecule has 0 aliphatic heterocycles. The molecule has 0 saturated heterocycles. The molecule has 0 spiro atoms. The summed E-state index contributed by atoms with van der Waals surface area (Å²) in [4.78, 5) is -2.28. The molecule has 0 aliphatic carbocycles. The van der Waals surface area contributed by atoms with E-state index in [0.717, 1.165) is 0 Å². The number of benzene rings is 9. The second-order valence-electron chi connectivity index (χ2n) is 20.3. The van der Waals surface area contributed by atoms with Gasteiger partial charge in [0, 0.05) is 6.07 Å². The Balaban J connectivity index is 0.000000324. The lowest BCUT2D eigenvalue weighted by atomic mass is 9.11. The Hall–Kier alpha value is -8.55. The Morgan fingerprint density at radius 3 is 0.800 bits per heavy atom. The fourth-order valence-electron chi connectivity index (χ4n) is 11.0. The summed E-state index contributed by atoms with van der Waals surface area (Å²) in [5.41, 5.74) is -17.6. The second-order valence-corrected chi connectivity index (χ2v) is 20.3. The number of unbranched alkanes of at least 4 members (excludes halogenated alkanes) is 3. The van der Waals surface area contributed by atoms with Crippen LogP contribution in [0.2, 0.25) is 0 Å². The summed E-state index contributed by atoms with van der Waals surface area (Å²) in [7, 11) is 0. The normalized spacial score (nSPS) is 13.1. The van der Waals surface area contributed by atoms with Crippen molar-refractivity contribution in [2.45, 2.75) is 56.9 Å². The van der Waals surface area contributed by atoms with E-state index in [2.05, 4.69) is 0 Å². The Morgan fingerprint density at radius 1 is 0.284 bits per heavy atom. The van der Waals surface area contributed by atoms with Gasteiger partial charge in [-0.15, -0.1) is 30.6 Å². The highest BCUT2D eigenvalue weighted by molar-refractivity contribution is 7.23. The number of hydrogen-bond acceptors (Lipinski definition) is 0. The molecule has 0 aliphatic rings. The molecular weight excluding hydrogens is 1400 g/mol. The first-order valence-electron chi connectivity index (χ1n) is 25.3. The largest absolute Gasteiger partial charge is 0.515 e. The highest BCUT2D eigenvalue weighted by Crippen LogP contribution is 2.48. The van der Waals surface area contributed by atoms with E-state index in [0.29, 0.717) is 12.8 Å². The first-order chi connectivity index (χ1) is 43.7. The minimum absolute atomic E-state index is 0.0187. The number of halogens is 37. The lowest BCUT2D eigenvalue weighted by Crippen LogP contribution is -3.16. The lowest BCUT2D eigenvalue weighted by Gasteiger charge is -2.47. The van der Waals surface area contributed by atoms with Crippen LogP contribution in [0.3, 0.4) is 0 Å². The standard InChI is InChI=1S/C40H4BF24.C16H14F13N/c42-9-1-5-13(25(50)21(9)46)29(54)37(62)33(58)17(5)41(18-6-2-10(43)22(47)26(51)14(6)30(55)38(63)34(18)59,19-7-3-11(44)23(48)27(52)15(7)31(56)39(64)35(19)60)20-8-4-12(45)24(49)28(53)16(8)32(57)40(65)36(20)61;1-2-3-4-5-6-30(16(28,29)15(25,26)27)9-7-8(17)11(18)10(12(9)19)13(20,21)14(22,23)24/h1-4H;7H,2-6H2,1H3/q-1;/p+1. The molecule has 9 aromatic rings. The molecule has 1 unspecified atom stereocenters. The van der Waals surface area contributed by atoms with Gasteiger partial charge in [0.1, 0.15) is 35.0 Å². The summed E-state index contributed by atoms with van der Waals surface area (Å²) in [5.74, 6) is -91.0. The zero-order chi connectivity index (χ0) is 71.8. The van der Waals surface area contributed by atoms with Crippen molar-refractivity contribution in [1.82, 2.24) is 0 Å². The number of alkyl halides is 10. The molecular formula is C56H19BF37N. The maximum atomic E-state index is 17.3. The summed E-state index contributed by atoms with van der Waals surface area (Å²) in [6.07, 6.45) is -19.8. The summed E-state index contributed by atoms with van der Waals surface area (Å²) in [6.45, 7) is 0.320. The number of hydrogen-bond donors (Lipinski definition) is 1. The van der Waals surface area contributed by atoms with Crippen LogP contribution in [0.1, 0.15) is 38.2 Å². The molecule has 39 heteroatoms. The topological polar surface area (TPSA) is 4.44 Å². The van der Waals surface area contributed by atoms with Crippen molar-refractivity contribution < 1.29 is 167 Å². The Bertz CT molecular complexity index is 4230. The van der Waals surface area contributed by atoms with Crippen molar-refractivity contribution in [3.05, 3.63) is 193 Å². The van der Waals surface area contributed by atoms with E-state index >= 15 is 87.8 Å². The van der Waals surface area contributed by atoms with Crippen molar-refractivity contribution in [3.63, 3.8) is 0 Å². The van der Waals surface area contributed by atoms with Gasteiger partial charge in [0.15, 0.2) is 139 Å². The second kappa shape index (κ2) is 24.6. The van der Waals surface area contributed by atoms with Crippen LogP contribution in [0.4, 0.5) is 168 Å². The Morgan fingerprint density at radius 2 is 0.547 bits per heavy atom. The predicted molar refractivity (Wildman–Crippen MR) is 256 cm³/mol. The van der Waals surface area contributed by atoms with Crippen LogP contribution >= 0.6 is 0 Å². The van der Waals surface area contributed by atoms with Crippen LogP contribution in [-0.2, 0) is 5.92 Å². The maximum Gasteiger partial charge on any atom is 0.515 e. The van der Waals surface area contributed by atoms with E-state index in [9.17, 15) is 74.6 Å². The maximum absolute atomic E-state index is 17.3. The Labute approximate surface area is 500 Å². The van der Waals surface area contributed by atoms with Gasteiger partial charge in [-0.05, 0) is 58.7 Å². The minimum atomic E-state index is -7.01. The molecule has 0 aromatic heterocycles. The van der Waals surface area contributed by atoms with Gasteiger partial charge in [0.2, 0.25) is 0 Å². The van der Waals surface area contributed by atoms with Gasteiger partial charge in [0.25, 0.3) is 0 Å². The van der Waals surface area contributed by atoms with Crippen molar-refractivity contribution in [3.8, 4) is 0 Å². The van der Waals surface area contributed by atoms with Crippen LogP contribution in [0.25, 0.3) is 43.1 Å². The molecule has 1 N–H and O–H groups in total. The lowest BCUT2D eigenvalue weighted by molar-refractivity contribution is -0.951. The van der Waals surface area contributed by atoms with Gasteiger partial charge in [0.05, 0.1) is 28.1 Å². The van der Waals surface area contributed by atoms with Crippen molar-refractivity contribution in [1.29, 1.82) is 0 Å². The average molecular weight is 1420 g/mol. The van der Waals surface area contributed by atoms with Crippen LogP contribution in [-0.4, -0.2) is 31.1 Å². The summed E-state index contributed by atoms with van der Waals surface area (Å²) in [6, 6.07) is -9.74. The summed E-state index contributed by atoms with van der Waals surface area (Å²) < 4.78 is 552. The molecule has 1 atom stereocenters. The van der Waals surface area contributed by atoms with E-state index in [1.54, 1.807) is 6.92 Å². The number of quaternary nitrogens is 1. The van der Waals surface area contributed by atoms with Crippen molar-refractivity contribution in [2.24, 2.45) is 0 Å². The predicted octanol–water partition coefficient (Wildman–Crippen LogP) is 17.0. The third kappa shape index (κ3) is 10.7. The van der Waals surface area contributed by atoms with E-state index in [-0.39, 0.29) is 6.42 Å². The zero-order valence-electron chi connectivity index (χ0n) is 45.0. The SMILES string of the molecule is CCCCCC[NH+](c1cc(F)c(F)c(C(F)(F)C(F)(F)F)c1F)C(F)(F)C(F)(F)F.Fc1cc2c([B-](c3c(F)c(F)c(F)c4c(F)c(F)c(F)cc34)(c3c(F)c(F)c(F)c4c(F)c(F)c(F)cc34)c3c(F)c(F)c(F)c4c(F)c(F)c(F)cc34)c(F)c(F)c(F)c2c(F)c1F. The van der Waals surface area contributed by atoms with Crippen LogP contribution in [0.5, 0.6) is 0 Å². The van der Waals surface area contributed by atoms with Gasteiger partial charge in [-0.3, -0.25) is 0 Å². The first-order valence-corrected chi connectivity index (χ1v) is 25.3. The van der Waals surface area contributed by atoms with Gasteiger partial charge < -0.3 is 0 Å². The highest BCUT2D eigenvalue weighted by Gasteiger charge is 2.69. The van der Waals surface area contributed by atoms with Crippen molar-refractivity contribution >= 4 is 76.8 Å². The molecule has 0 radical (unpaired) electrons. The first kappa shape index (κ1) is 72.3. The minimum Gasteiger partial charge on any atom is -0.231 e. The molecule has 510 valence electrons. The fourth-order valence-corrected chi connectivity index (χ4v) is 11.0. The average Bonchev–Trinajstić information content (AvgIpc) is 0.668. The monoisotopic (exact) mass is 1420 g/mol. The summed E-state index contributed by atoms with van der Waals surface area (Å²) >= 11 is 0. The molecule has 0 bridgehead atoms. The number of fused-ring (bicyclic) bond motifs is 4. The van der Waals surface area contributed by atoms with E-state index in [1.165, 1.54) is 0 Å². The molecule has 1 nitrogen and oxygen atoms in total. The van der Waals surface area contributed by atoms with E-state index in [1.807, 2.05) is 0 Å². The molecule has 0 heterocycles. The van der Waals surface area contributed by atoms with Gasteiger partial charge in [-0.1, -0.05) is 19.8 Å². The zero-order valence-corrected chi connectivity index (χ0v) is 45.0. The van der Waals surface area contributed by atoms with Gasteiger partial charge in [-0.25, -0.2) is 119 Å². The number of nitrogens with one attached hydrogen (secondary N) is 1. The number of rotatable bonds is 12. The molecule has 95 heavy (non-hydrogen) atoms. The van der Waals surface area contributed by atoms with Crippen LogP contribution in [0.15, 0.2) is 30.3 Å². The summed E-state index contributed by atoms with van der Waals surface area (Å²) in [5, 5.41) is -20.5. The molecule has 0 fully saturated rings. The smallest absolute Gasteiger partial charge is 0.231 e. The Kier molecular flexibility index (Phi) is 18.7. The van der Waals surface area contributed by atoms with Crippen LogP contribution < -0.4 is 26.8 Å². The molecule has 9 rings (SSSR count). The fraction of sp³-hybridized carbons (Fsp3) is 0.179. The molecule has 9 aromatic carbocycles. The highest BCUT2D eigenvalue weighted by atomic mass is 19.4. The van der Waals surface area contributed by atoms with Gasteiger partial charge in [-0.2, -0.15) is 39.5 Å².